The first-order valence-corrected chi connectivity index (χ1v) is 18.3. The average Bonchev–Trinajstić information content (AvgIpc) is 2.67. The van der Waals surface area contributed by atoms with E-state index in [1.165, 1.54) is 69.5 Å². The molecule has 0 spiro atoms. The monoisotopic (exact) mass is 476 g/mol. The summed E-state index contributed by atoms with van der Waals surface area (Å²) in [5.74, 6) is 0.375. The van der Waals surface area contributed by atoms with Crippen LogP contribution < -0.4 is 8.32 Å². The molecule has 0 aliphatic rings. The first-order chi connectivity index (χ1) is 13.0. The van der Waals surface area contributed by atoms with Gasteiger partial charge in [0, 0.05) is 0 Å². The molecular formula is C24H36O2Sn. The molecule has 0 atom stereocenters. The van der Waals surface area contributed by atoms with Crippen molar-refractivity contribution in [2.45, 2.75) is 79.5 Å². The first-order valence-electron chi connectivity index (χ1n) is 10.8. The maximum absolute atomic E-state index is 11.2. The van der Waals surface area contributed by atoms with Crippen LogP contribution in [0.15, 0.2) is 36.4 Å². The van der Waals surface area contributed by atoms with E-state index >= 15 is 0 Å². The van der Waals surface area contributed by atoms with Crippen LogP contribution in [0.5, 0.6) is 5.75 Å². The van der Waals surface area contributed by atoms with E-state index < -0.39 is 18.4 Å². The van der Waals surface area contributed by atoms with Crippen LogP contribution in [0.25, 0.3) is 10.8 Å². The van der Waals surface area contributed by atoms with E-state index in [2.05, 4.69) is 45.0 Å². The number of ether oxygens (including phenoxy) is 1. The molecule has 0 fully saturated rings. The number of carbonyl (C=O) groups is 1. The Morgan fingerprint density at radius 3 is 1.85 bits per heavy atom. The van der Waals surface area contributed by atoms with Crippen molar-refractivity contribution in [1.29, 1.82) is 0 Å². The number of esters is 1. The number of hydrogen-bond acceptors (Lipinski definition) is 2. The van der Waals surface area contributed by atoms with Gasteiger partial charge in [0.1, 0.15) is 0 Å². The van der Waals surface area contributed by atoms with E-state index in [1.807, 2.05) is 12.1 Å². The number of carbonyl (C=O) groups excluding carboxylic acids is 1. The Labute approximate surface area is 169 Å². The van der Waals surface area contributed by atoms with E-state index in [4.69, 9.17) is 4.74 Å². The summed E-state index contributed by atoms with van der Waals surface area (Å²) in [6.45, 7) is 8.43. The molecule has 2 aromatic rings. The van der Waals surface area contributed by atoms with Crippen LogP contribution in [-0.4, -0.2) is 24.3 Å². The Bertz CT molecular complexity index is 716. The normalized spacial score (nSPS) is 11.7. The zero-order chi connectivity index (χ0) is 19.7. The fourth-order valence-corrected chi connectivity index (χ4v) is 20.1. The van der Waals surface area contributed by atoms with Gasteiger partial charge in [0.25, 0.3) is 0 Å². The maximum atomic E-state index is 11.2. The van der Waals surface area contributed by atoms with Crippen LogP contribution in [0.2, 0.25) is 13.3 Å². The molecule has 2 aromatic carbocycles. The molecule has 0 aliphatic heterocycles. The third kappa shape index (κ3) is 6.23. The molecular weight excluding hydrogens is 439 g/mol. The fraction of sp³-hybridized carbons (Fsp3) is 0.542. The Morgan fingerprint density at radius 1 is 0.815 bits per heavy atom. The van der Waals surface area contributed by atoms with Crippen LogP contribution in [0.4, 0.5) is 0 Å². The van der Waals surface area contributed by atoms with Crippen LogP contribution in [0.3, 0.4) is 0 Å². The van der Waals surface area contributed by atoms with Gasteiger partial charge in [-0.05, 0) is 0 Å². The molecule has 0 unspecified atom stereocenters. The number of benzene rings is 2. The van der Waals surface area contributed by atoms with Crippen LogP contribution in [0, 0.1) is 0 Å². The Kier molecular flexibility index (Phi) is 9.14. The molecule has 0 saturated heterocycles. The third-order valence-corrected chi connectivity index (χ3v) is 21.3. The van der Waals surface area contributed by atoms with Gasteiger partial charge in [0.2, 0.25) is 0 Å². The van der Waals surface area contributed by atoms with Gasteiger partial charge >= 0.3 is 170 Å². The van der Waals surface area contributed by atoms with Gasteiger partial charge in [0.05, 0.1) is 0 Å². The van der Waals surface area contributed by atoms with Crippen molar-refractivity contribution in [3.63, 3.8) is 0 Å². The number of hydrogen-bond donors (Lipinski definition) is 0. The molecule has 0 N–H and O–H groups in total. The van der Waals surface area contributed by atoms with E-state index in [0.29, 0.717) is 5.75 Å². The van der Waals surface area contributed by atoms with Gasteiger partial charge in [-0.15, -0.1) is 0 Å². The van der Waals surface area contributed by atoms with Gasteiger partial charge in [-0.25, -0.2) is 0 Å². The molecule has 0 amide bonds. The summed E-state index contributed by atoms with van der Waals surface area (Å²) in [7, 11) is 0. The van der Waals surface area contributed by atoms with Crippen molar-refractivity contribution in [2.75, 3.05) is 0 Å². The molecule has 27 heavy (non-hydrogen) atoms. The van der Waals surface area contributed by atoms with Gasteiger partial charge in [-0.1, -0.05) is 0 Å². The van der Waals surface area contributed by atoms with Crippen molar-refractivity contribution in [3.05, 3.63) is 36.4 Å². The SMILES string of the molecule is CCC[CH2][Sn]([CH2]CCC)([CH2]CCC)[c]1ccc2cc(OC(C)=O)ccc2c1. The van der Waals surface area contributed by atoms with Crippen molar-refractivity contribution in [1.82, 2.24) is 0 Å². The van der Waals surface area contributed by atoms with E-state index in [1.54, 1.807) is 3.58 Å². The number of unbranched alkanes of at least 4 members (excludes halogenated alkanes) is 3. The summed E-state index contributed by atoms with van der Waals surface area (Å²) in [5.41, 5.74) is 0. The minimum atomic E-state index is -2.38. The molecule has 0 aliphatic carbocycles. The Balaban J connectivity index is 2.42. The third-order valence-electron chi connectivity index (χ3n) is 5.71. The average molecular weight is 475 g/mol. The van der Waals surface area contributed by atoms with E-state index in [-0.39, 0.29) is 5.97 Å². The zero-order valence-corrected chi connectivity index (χ0v) is 20.5. The number of rotatable bonds is 11. The fourth-order valence-electron chi connectivity index (χ4n) is 4.14. The first kappa shape index (κ1) is 22.3. The predicted molar refractivity (Wildman–Crippen MR) is 120 cm³/mol. The molecule has 0 heterocycles. The molecule has 148 valence electrons. The summed E-state index contributed by atoms with van der Waals surface area (Å²) in [5, 5.41) is 2.45. The number of fused-ring (bicyclic) bond motifs is 1. The van der Waals surface area contributed by atoms with Gasteiger partial charge < -0.3 is 0 Å². The molecule has 0 bridgehead atoms. The minimum absolute atomic E-state index is 0.264. The second-order valence-electron chi connectivity index (χ2n) is 7.91. The molecule has 2 nitrogen and oxygen atoms in total. The molecule has 0 saturated carbocycles. The summed E-state index contributed by atoms with van der Waals surface area (Å²) in [6, 6.07) is 13.2. The van der Waals surface area contributed by atoms with Crippen molar-refractivity contribution < 1.29 is 9.53 Å². The Hall–Kier alpha value is -1.03. The summed E-state index contributed by atoms with van der Waals surface area (Å²) in [6.07, 6.45) is 8.05. The molecule has 2 rings (SSSR count). The van der Waals surface area contributed by atoms with Gasteiger partial charge in [0.15, 0.2) is 0 Å². The van der Waals surface area contributed by atoms with E-state index in [0.717, 1.165) is 0 Å². The predicted octanol–water partition coefficient (Wildman–Crippen LogP) is 6.82. The topological polar surface area (TPSA) is 26.3 Å². The summed E-state index contributed by atoms with van der Waals surface area (Å²) >= 11 is -2.38. The second-order valence-corrected chi connectivity index (χ2v) is 21.1. The van der Waals surface area contributed by atoms with Crippen molar-refractivity contribution >= 4 is 38.7 Å². The Morgan fingerprint density at radius 2 is 1.33 bits per heavy atom. The van der Waals surface area contributed by atoms with Crippen molar-refractivity contribution in [3.8, 4) is 5.75 Å². The van der Waals surface area contributed by atoms with Crippen LogP contribution >= 0.6 is 0 Å². The zero-order valence-electron chi connectivity index (χ0n) is 17.6. The standard InChI is InChI=1S/C12H9O2.3C4H9.Sn/c1-9(13)14-12-7-6-10-4-2-3-5-11(10)8-12;3*1-3-4-2;/h3-8H,1H3;3*1,3-4H2,2H3;. The van der Waals surface area contributed by atoms with Crippen LogP contribution in [0.1, 0.15) is 66.2 Å². The van der Waals surface area contributed by atoms with Gasteiger partial charge in [-0.2, -0.15) is 0 Å². The molecule has 0 radical (unpaired) electrons. The molecule has 3 heteroatoms. The van der Waals surface area contributed by atoms with Gasteiger partial charge in [-0.3, -0.25) is 0 Å². The second kappa shape index (κ2) is 11.1. The van der Waals surface area contributed by atoms with E-state index in [9.17, 15) is 4.79 Å². The van der Waals surface area contributed by atoms with Crippen molar-refractivity contribution in [2.24, 2.45) is 0 Å². The quantitative estimate of drug-likeness (QED) is 0.203. The van der Waals surface area contributed by atoms with Crippen LogP contribution in [-0.2, 0) is 4.79 Å². The summed E-state index contributed by atoms with van der Waals surface area (Å²) in [4.78, 5) is 11.2. The molecule has 0 aromatic heterocycles. The summed E-state index contributed by atoms with van der Waals surface area (Å²) < 4.78 is 11.4.